The van der Waals surface area contributed by atoms with Gasteiger partial charge in [0.05, 0.1) is 36.2 Å². The molecule has 1 aromatic rings. The van der Waals surface area contributed by atoms with Crippen LogP contribution in [-0.4, -0.2) is 41.2 Å². The fourth-order valence-electron chi connectivity index (χ4n) is 3.71. The standard InChI is InChI=1S/C16H13NO6/c18-7-16-5-4-10(23-16)11-12(16)14(20)17(13(11)19)9-3-1-2-8(6-9)15(21)22/h1-6,10-12,18H,7H2,(H,21,22)/p-1/t10-,11-,12+,16-/m1/s1. The van der Waals surface area contributed by atoms with Crippen molar-refractivity contribution in [2.45, 2.75) is 11.7 Å². The topological polar surface area (TPSA) is 107 Å². The summed E-state index contributed by atoms with van der Waals surface area (Å²) in [6.45, 7) is -0.396. The Morgan fingerprint density at radius 1 is 1.35 bits per heavy atom. The molecule has 1 N–H and O–H groups in total. The first-order valence-electron chi connectivity index (χ1n) is 7.16. The summed E-state index contributed by atoms with van der Waals surface area (Å²) in [6, 6.07) is 5.49. The Bertz CT molecular complexity index is 772. The van der Waals surface area contributed by atoms with E-state index in [9.17, 15) is 24.6 Å². The first-order valence-corrected chi connectivity index (χ1v) is 7.16. The molecule has 3 heterocycles. The number of carboxylic acid groups (broad SMARTS) is 1. The van der Waals surface area contributed by atoms with Gasteiger partial charge in [-0.2, -0.15) is 0 Å². The maximum atomic E-state index is 12.7. The fraction of sp³-hybridized carbons (Fsp3) is 0.312. The van der Waals surface area contributed by atoms with E-state index in [1.165, 1.54) is 24.3 Å². The van der Waals surface area contributed by atoms with Crippen molar-refractivity contribution < 1.29 is 29.3 Å². The van der Waals surface area contributed by atoms with Crippen molar-refractivity contribution in [2.24, 2.45) is 11.8 Å². The number of carbonyl (C=O) groups excluding carboxylic acids is 3. The number of hydrogen-bond acceptors (Lipinski definition) is 6. The number of aliphatic hydroxyl groups excluding tert-OH is 1. The van der Waals surface area contributed by atoms with Gasteiger partial charge in [0.25, 0.3) is 0 Å². The first-order chi connectivity index (χ1) is 11.0. The molecule has 4 atom stereocenters. The minimum atomic E-state index is -1.39. The molecule has 0 radical (unpaired) electrons. The van der Waals surface area contributed by atoms with Gasteiger partial charge in [-0.25, -0.2) is 4.90 Å². The number of hydrogen-bond donors (Lipinski definition) is 1. The number of aromatic carboxylic acids is 1. The molecule has 7 heteroatoms. The Labute approximate surface area is 130 Å². The summed E-state index contributed by atoms with van der Waals surface area (Å²) in [4.78, 5) is 37.4. The van der Waals surface area contributed by atoms with E-state index < -0.39 is 47.9 Å². The van der Waals surface area contributed by atoms with E-state index in [1.807, 2.05) is 0 Å². The van der Waals surface area contributed by atoms with Crippen LogP contribution in [0.4, 0.5) is 5.69 Å². The summed E-state index contributed by atoms with van der Waals surface area (Å²) in [6.07, 6.45) is 2.77. The highest BCUT2D eigenvalue weighted by atomic mass is 16.5. The van der Waals surface area contributed by atoms with E-state index in [0.717, 1.165) is 4.90 Å². The van der Waals surface area contributed by atoms with E-state index in [2.05, 4.69) is 0 Å². The quantitative estimate of drug-likeness (QED) is 0.558. The molecule has 0 spiro atoms. The second-order valence-electron chi connectivity index (χ2n) is 5.91. The van der Waals surface area contributed by atoms with Crippen LogP contribution in [-0.2, 0) is 14.3 Å². The van der Waals surface area contributed by atoms with Gasteiger partial charge in [0, 0.05) is 0 Å². The number of carboxylic acids is 1. The van der Waals surface area contributed by atoms with Gasteiger partial charge in [0.1, 0.15) is 5.60 Å². The van der Waals surface area contributed by atoms with E-state index in [0.29, 0.717) is 0 Å². The average molecular weight is 314 g/mol. The van der Waals surface area contributed by atoms with Crippen molar-refractivity contribution in [1.82, 2.24) is 0 Å². The van der Waals surface area contributed by atoms with Crippen molar-refractivity contribution >= 4 is 23.5 Å². The Morgan fingerprint density at radius 3 is 2.83 bits per heavy atom. The number of nitrogens with zero attached hydrogens (tertiary/aromatic N) is 1. The number of carbonyl (C=O) groups is 3. The minimum Gasteiger partial charge on any atom is -0.545 e. The smallest absolute Gasteiger partial charge is 0.241 e. The largest absolute Gasteiger partial charge is 0.545 e. The molecule has 2 fully saturated rings. The molecule has 4 rings (SSSR count). The van der Waals surface area contributed by atoms with Gasteiger partial charge in [-0.1, -0.05) is 24.3 Å². The van der Waals surface area contributed by atoms with Crippen LogP contribution in [0.2, 0.25) is 0 Å². The summed E-state index contributed by atoms with van der Waals surface area (Å²) >= 11 is 0. The number of ether oxygens (including phenoxy) is 1. The lowest BCUT2D eigenvalue weighted by Gasteiger charge is -2.26. The predicted molar refractivity (Wildman–Crippen MR) is 74.1 cm³/mol. The SMILES string of the molecule is O=C([O-])c1cccc(N2C(=O)[C@H]3[C@@H](C2=O)[C@]2(CO)C=C[C@H]3O2)c1. The second-order valence-corrected chi connectivity index (χ2v) is 5.91. The molecule has 0 saturated carbocycles. The number of aliphatic hydroxyl groups is 1. The third-order valence-corrected chi connectivity index (χ3v) is 4.74. The molecule has 0 unspecified atom stereocenters. The van der Waals surface area contributed by atoms with Crippen LogP contribution < -0.4 is 10.0 Å². The van der Waals surface area contributed by atoms with Crippen molar-refractivity contribution in [1.29, 1.82) is 0 Å². The van der Waals surface area contributed by atoms with Crippen LogP contribution in [0, 0.1) is 11.8 Å². The molecule has 7 nitrogen and oxygen atoms in total. The lowest BCUT2D eigenvalue weighted by molar-refractivity contribution is -0.255. The maximum Gasteiger partial charge on any atom is 0.241 e. The maximum absolute atomic E-state index is 12.7. The van der Waals surface area contributed by atoms with Crippen LogP contribution in [0.1, 0.15) is 10.4 Å². The summed E-state index contributed by atoms with van der Waals surface area (Å²) in [5.74, 6) is -3.80. The molecule has 23 heavy (non-hydrogen) atoms. The van der Waals surface area contributed by atoms with Gasteiger partial charge >= 0.3 is 0 Å². The van der Waals surface area contributed by atoms with Gasteiger partial charge in [-0.15, -0.1) is 0 Å². The van der Waals surface area contributed by atoms with Gasteiger partial charge in [-0.3, -0.25) is 9.59 Å². The molecule has 0 aromatic heterocycles. The van der Waals surface area contributed by atoms with Gasteiger partial charge in [0.2, 0.25) is 11.8 Å². The third-order valence-electron chi connectivity index (χ3n) is 4.74. The number of amides is 2. The highest BCUT2D eigenvalue weighted by Crippen LogP contribution is 2.52. The molecule has 1 aromatic carbocycles. The van der Waals surface area contributed by atoms with Crippen LogP contribution in [0.15, 0.2) is 36.4 Å². The normalized spacial score (nSPS) is 34.3. The zero-order valence-corrected chi connectivity index (χ0v) is 11.8. The molecule has 2 bridgehead atoms. The zero-order valence-electron chi connectivity index (χ0n) is 11.8. The Morgan fingerprint density at radius 2 is 2.13 bits per heavy atom. The van der Waals surface area contributed by atoms with Crippen LogP contribution in [0.25, 0.3) is 0 Å². The zero-order chi connectivity index (χ0) is 16.4. The van der Waals surface area contributed by atoms with Crippen molar-refractivity contribution in [3.05, 3.63) is 42.0 Å². The number of benzene rings is 1. The Kier molecular flexibility index (Phi) is 2.76. The van der Waals surface area contributed by atoms with Crippen LogP contribution >= 0.6 is 0 Å². The first kappa shape index (κ1) is 14.1. The number of rotatable bonds is 3. The molecule has 3 aliphatic rings. The second kappa shape index (κ2) is 4.50. The van der Waals surface area contributed by atoms with Crippen LogP contribution in [0.3, 0.4) is 0 Å². The molecular weight excluding hydrogens is 302 g/mol. The van der Waals surface area contributed by atoms with Crippen molar-refractivity contribution in [3.63, 3.8) is 0 Å². The van der Waals surface area contributed by atoms with E-state index >= 15 is 0 Å². The molecule has 2 amide bonds. The fourth-order valence-corrected chi connectivity index (χ4v) is 3.71. The summed E-state index contributed by atoms with van der Waals surface area (Å²) in [7, 11) is 0. The number of fused-ring (bicyclic) bond motifs is 5. The number of imide groups is 1. The van der Waals surface area contributed by atoms with E-state index in [4.69, 9.17) is 4.74 Å². The lowest BCUT2D eigenvalue weighted by atomic mass is 9.77. The predicted octanol–water partition coefficient (Wildman–Crippen LogP) is -1.14. The average Bonchev–Trinajstić information content (AvgIpc) is 3.18. The van der Waals surface area contributed by atoms with E-state index in [1.54, 1.807) is 12.2 Å². The highest BCUT2D eigenvalue weighted by Gasteiger charge is 2.67. The van der Waals surface area contributed by atoms with Crippen LogP contribution in [0.5, 0.6) is 0 Å². The Hall–Kier alpha value is -2.51. The summed E-state index contributed by atoms with van der Waals surface area (Å²) < 4.78 is 5.63. The molecule has 3 aliphatic heterocycles. The summed E-state index contributed by atoms with van der Waals surface area (Å²) in [5.41, 5.74) is -1.10. The minimum absolute atomic E-state index is 0.116. The molecule has 118 valence electrons. The molecular formula is C16H12NO6-. The van der Waals surface area contributed by atoms with Crippen molar-refractivity contribution in [2.75, 3.05) is 11.5 Å². The third kappa shape index (κ3) is 1.68. The van der Waals surface area contributed by atoms with Gasteiger partial charge in [-0.05, 0) is 17.7 Å². The molecule has 0 aliphatic carbocycles. The van der Waals surface area contributed by atoms with Gasteiger partial charge in [0.15, 0.2) is 0 Å². The summed E-state index contributed by atoms with van der Waals surface area (Å²) in [5, 5.41) is 20.6. The monoisotopic (exact) mass is 314 g/mol. The highest BCUT2D eigenvalue weighted by molar-refractivity contribution is 6.23. The number of anilines is 1. The lowest BCUT2D eigenvalue weighted by Crippen LogP contribution is -2.43. The molecule has 2 saturated heterocycles. The van der Waals surface area contributed by atoms with Crippen molar-refractivity contribution in [3.8, 4) is 0 Å². The van der Waals surface area contributed by atoms with Gasteiger partial charge < -0.3 is 19.7 Å². The Balaban J connectivity index is 1.76. The van der Waals surface area contributed by atoms with E-state index in [-0.39, 0.29) is 11.3 Å².